The van der Waals surface area contributed by atoms with Gasteiger partial charge >= 0.3 is 0 Å². The van der Waals surface area contributed by atoms with Crippen molar-refractivity contribution in [2.75, 3.05) is 19.0 Å². The highest BCUT2D eigenvalue weighted by Crippen LogP contribution is 2.34. The summed E-state index contributed by atoms with van der Waals surface area (Å²) in [6.07, 6.45) is 2.39. The topological polar surface area (TPSA) is 57.4 Å². The summed E-state index contributed by atoms with van der Waals surface area (Å²) in [6, 6.07) is 8.07. The highest BCUT2D eigenvalue weighted by molar-refractivity contribution is 7.99. The molecule has 3 aromatic rings. The van der Waals surface area contributed by atoms with Crippen molar-refractivity contribution in [3.05, 3.63) is 41.6 Å². The molecule has 0 atom stereocenters. The van der Waals surface area contributed by atoms with Crippen LogP contribution in [0.15, 0.2) is 39.8 Å². The number of ether oxygens (including phenoxy) is 2. The Labute approximate surface area is 150 Å². The first-order valence-corrected chi connectivity index (χ1v) is 9.46. The van der Waals surface area contributed by atoms with Crippen LogP contribution in [0, 0.1) is 6.92 Å². The molecule has 2 aromatic heterocycles. The fourth-order valence-electron chi connectivity index (χ4n) is 2.83. The quantitative estimate of drug-likeness (QED) is 0.629. The van der Waals surface area contributed by atoms with Gasteiger partial charge in [-0.05, 0) is 42.9 Å². The zero-order valence-electron chi connectivity index (χ0n) is 14.3. The number of fused-ring (bicyclic) bond motifs is 1. The van der Waals surface area contributed by atoms with Crippen molar-refractivity contribution in [3.63, 3.8) is 0 Å². The average Bonchev–Trinajstić information content (AvgIpc) is 3.05. The number of benzene rings is 1. The Balaban J connectivity index is 1.74. The lowest BCUT2D eigenvalue weighted by Gasteiger charge is -2.23. The van der Waals surface area contributed by atoms with Crippen LogP contribution in [0.1, 0.15) is 30.8 Å². The van der Waals surface area contributed by atoms with Gasteiger partial charge in [0, 0.05) is 16.7 Å². The van der Waals surface area contributed by atoms with Crippen LogP contribution in [0.2, 0.25) is 0 Å². The molecule has 0 unspecified atom stereocenters. The molecule has 1 fully saturated rings. The van der Waals surface area contributed by atoms with Crippen molar-refractivity contribution in [2.24, 2.45) is 0 Å². The second-order valence-electron chi connectivity index (χ2n) is 5.97. The maximum Gasteiger partial charge on any atom is 0.247 e. The molecule has 1 saturated heterocycles. The number of hydrogen-bond donors (Lipinski definition) is 0. The summed E-state index contributed by atoms with van der Waals surface area (Å²) in [5, 5.41) is 0. The van der Waals surface area contributed by atoms with Crippen molar-refractivity contribution in [3.8, 4) is 11.6 Å². The van der Waals surface area contributed by atoms with Crippen molar-refractivity contribution in [1.29, 1.82) is 0 Å². The third-order valence-electron chi connectivity index (χ3n) is 4.02. The van der Waals surface area contributed by atoms with E-state index in [9.17, 15) is 0 Å². The van der Waals surface area contributed by atoms with Crippen molar-refractivity contribution < 1.29 is 13.9 Å². The van der Waals surface area contributed by atoms with Gasteiger partial charge in [-0.1, -0.05) is 13.0 Å². The van der Waals surface area contributed by atoms with Gasteiger partial charge in [-0.15, -0.1) is 11.8 Å². The summed E-state index contributed by atoms with van der Waals surface area (Å²) >= 11 is 1.71. The molecule has 1 aliphatic heterocycles. The predicted molar refractivity (Wildman–Crippen MR) is 97.6 cm³/mol. The molecule has 1 aromatic carbocycles. The largest absolute Gasteiger partial charge is 0.435 e. The van der Waals surface area contributed by atoms with Crippen LogP contribution in [0.4, 0.5) is 0 Å². The minimum absolute atomic E-state index is 0.335. The van der Waals surface area contributed by atoms with E-state index in [0.29, 0.717) is 19.1 Å². The molecule has 0 radical (unpaired) electrons. The van der Waals surface area contributed by atoms with E-state index in [0.717, 1.165) is 45.0 Å². The molecule has 4 rings (SSSR count). The highest BCUT2D eigenvalue weighted by Gasteiger charge is 2.21. The molecule has 0 N–H and O–H groups in total. The number of thioether (sulfide) groups is 1. The molecule has 0 spiro atoms. The molecule has 6 heteroatoms. The molecular formula is C19H20N2O3S. The lowest BCUT2D eigenvalue weighted by Crippen LogP contribution is -2.18. The van der Waals surface area contributed by atoms with Crippen LogP contribution in [0.3, 0.4) is 0 Å². The van der Waals surface area contributed by atoms with Crippen LogP contribution in [0.5, 0.6) is 0 Å². The summed E-state index contributed by atoms with van der Waals surface area (Å²) in [5.41, 5.74) is 4.49. The monoisotopic (exact) mass is 356 g/mol. The Kier molecular flexibility index (Phi) is 4.74. The molecule has 5 nitrogen and oxygen atoms in total. The standard InChI is InChI=1S/C19H20N2O3S/c1-3-25-16-10-13(19-22-7-4-8-23-19)11-20-17(16)18-21-14-9-12(2)5-6-15(14)24-18/h5-6,9-11,19H,3-4,7-8H2,1-2H3. The smallest absolute Gasteiger partial charge is 0.247 e. The Morgan fingerprint density at radius 3 is 2.84 bits per heavy atom. The van der Waals surface area contributed by atoms with Crippen molar-refractivity contribution in [2.45, 2.75) is 31.5 Å². The number of aromatic nitrogens is 2. The van der Waals surface area contributed by atoms with Crippen molar-refractivity contribution >= 4 is 22.9 Å². The second-order valence-corrected chi connectivity index (χ2v) is 7.27. The first-order chi connectivity index (χ1) is 12.2. The maximum atomic E-state index is 5.93. The summed E-state index contributed by atoms with van der Waals surface area (Å²) < 4.78 is 17.3. The average molecular weight is 356 g/mol. The highest BCUT2D eigenvalue weighted by atomic mass is 32.2. The normalized spacial score (nSPS) is 15.8. The number of aryl methyl sites for hydroxylation is 1. The van der Waals surface area contributed by atoms with E-state index in [1.807, 2.05) is 25.1 Å². The number of hydrogen-bond acceptors (Lipinski definition) is 6. The lowest BCUT2D eigenvalue weighted by molar-refractivity contribution is -0.183. The third-order valence-corrected chi connectivity index (χ3v) is 4.93. The molecule has 0 saturated carbocycles. The van der Waals surface area contributed by atoms with Gasteiger partial charge < -0.3 is 13.9 Å². The van der Waals surface area contributed by atoms with E-state index in [1.54, 1.807) is 18.0 Å². The molecular weight excluding hydrogens is 336 g/mol. The third kappa shape index (κ3) is 3.42. The zero-order valence-corrected chi connectivity index (χ0v) is 15.1. The van der Waals surface area contributed by atoms with E-state index in [4.69, 9.17) is 13.9 Å². The second kappa shape index (κ2) is 7.15. The number of rotatable bonds is 4. The fourth-order valence-corrected chi connectivity index (χ4v) is 3.64. The number of nitrogens with zero attached hydrogens (tertiary/aromatic N) is 2. The van der Waals surface area contributed by atoms with Gasteiger partial charge in [0.1, 0.15) is 11.2 Å². The van der Waals surface area contributed by atoms with Crippen LogP contribution < -0.4 is 0 Å². The zero-order chi connectivity index (χ0) is 17.2. The Morgan fingerprint density at radius 2 is 2.04 bits per heavy atom. The van der Waals surface area contributed by atoms with Gasteiger partial charge in [0.05, 0.1) is 13.2 Å². The Bertz CT molecular complexity index is 888. The molecule has 130 valence electrons. The van der Waals surface area contributed by atoms with Gasteiger partial charge in [0.15, 0.2) is 11.9 Å². The first kappa shape index (κ1) is 16.6. The molecule has 0 bridgehead atoms. The van der Waals surface area contributed by atoms with Crippen LogP contribution in [0.25, 0.3) is 22.7 Å². The van der Waals surface area contributed by atoms with Gasteiger partial charge in [-0.2, -0.15) is 0 Å². The van der Waals surface area contributed by atoms with Gasteiger partial charge in [0.2, 0.25) is 5.89 Å². The van der Waals surface area contributed by atoms with Gasteiger partial charge in [0.25, 0.3) is 0 Å². The lowest BCUT2D eigenvalue weighted by atomic mass is 10.2. The van der Waals surface area contributed by atoms with E-state index < -0.39 is 0 Å². The van der Waals surface area contributed by atoms with E-state index in [-0.39, 0.29) is 6.29 Å². The number of pyridine rings is 1. The minimum Gasteiger partial charge on any atom is -0.435 e. The van der Waals surface area contributed by atoms with Crippen LogP contribution in [-0.2, 0) is 9.47 Å². The summed E-state index contributed by atoms with van der Waals surface area (Å²) in [7, 11) is 0. The minimum atomic E-state index is -0.335. The Morgan fingerprint density at radius 1 is 1.20 bits per heavy atom. The molecule has 1 aliphatic rings. The summed E-state index contributed by atoms with van der Waals surface area (Å²) in [5.74, 6) is 1.48. The Hall–Kier alpha value is -1.89. The van der Waals surface area contributed by atoms with Crippen LogP contribution >= 0.6 is 11.8 Å². The number of oxazole rings is 1. The fraction of sp³-hybridized carbons (Fsp3) is 0.368. The molecule has 3 heterocycles. The maximum absolute atomic E-state index is 5.93. The SMILES string of the molecule is CCSc1cc(C2OCCCO2)cnc1-c1nc2cc(C)ccc2o1. The summed E-state index contributed by atoms with van der Waals surface area (Å²) in [4.78, 5) is 10.3. The first-order valence-electron chi connectivity index (χ1n) is 8.48. The van der Waals surface area contributed by atoms with Crippen molar-refractivity contribution in [1.82, 2.24) is 9.97 Å². The molecule has 0 amide bonds. The summed E-state index contributed by atoms with van der Waals surface area (Å²) in [6.45, 7) is 5.59. The van der Waals surface area contributed by atoms with E-state index >= 15 is 0 Å². The molecule has 0 aliphatic carbocycles. The predicted octanol–water partition coefficient (Wildman–Crippen LogP) is 4.75. The van der Waals surface area contributed by atoms with E-state index in [2.05, 4.69) is 23.0 Å². The van der Waals surface area contributed by atoms with Crippen LogP contribution in [-0.4, -0.2) is 28.9 Å². The van der Waals surface area contributed by atoms with Gasteiger partial charge in [-0.3, -0.25) is 0 Å². The molecule has 25 heavy (non-hydrogen) atoms. The van der Waals surface area contributed by atoms with E-state index in [1.165, 1.54) is 0 Å². The van der Waals surface area contributed by atoms with Gasteiger partial charge in [-0.25, -0.2) is 9.97 Å².